The fourth-order valence-corrected chi connectivity index (χ4v) is 1.44. The van der Waals surface area contributed by atoms with Crippen LogP contribution >= 0.6 is 0 Å². The maximum absolute atomic E-state index is 11.9. The van der Waals surface area contributed by atoms with Crippen molar-refractivity contribution in [3.05, 3.63) is 34.2 Å². The van der Waals surface area contributed by atoms with E-state index < -0.39 is 5.97 Å². The Bertz CT molecular complexity index is 440. The van der Waals surface area contributed by atoms with Gasteiger partial charge in [-0.1, -0.05) is 20.8 Å². The zero-order valence-corrected chi connectivity index (χ0v) is 10.1. The molecule has 4 heteroatoms. The minimum absolute atomic E-state index is 0.0153. The van der Waals surface area contributed by atoms with E-state index in [2.05, 4.69) is 4.74 Å². The molecular formula is C12H17NO3. The summed E-state index contributed by atoms with van der Waals surface area (Å²) in [6, 6.07) is 3.16. The second-order valence-electron chi connectivity index (χ2n) is 4.91. The summed E-state index contributed by atoms with van der Waals surface area (Å²) in [5.41, 5.74) is -0.239. The first kappa shape index (κ1) is 12.5. The Morgan fingerprint density at radius 1 is 1.44 bits per heavy atom. The zero-order chi connectivity index (χ0) is 12.3. The fraction of sp³-hybridized carbons (Fsp3) is 0.500. The van der Waals surface area contributed by atoms with Crippen molar-refractivity contribution >= 4 is 5.97 Å². The Kier molecular flexibility index (Phi) is 3.52. The summed E-state index contributed by atoms with van der Waals surface area (Å²) < 4.78 is 6.08. The molecule has 0 aromatic carbocycles. The third-order valence-corrected chi connectivity index (χ3v) is 2.07. The maximum Gasteiger partial charge on any atom is 0.343 e. The van der Waals surface area contributed by atoms with E-state index in [0.717, 1.165) is 0 Å². The third-order valence-electron chi connectivity index (χ3n) is 2.07. The number of methoxy groups -OCH3 is 1. The van der Waals surface area contributed by atoms with Gasteiger partial charge < -0.3 is 9.30 Å². The lowest BCUT2D eigenvalue weighted by Crippen LogP contribution is -2.30. The van der Waals surface area contributed by atoms with Crippen LogP contribution in [0.4, 0.5) is 0 Å². The van der Waals surface area contributed by atoms with Crippen LogP contribution in [0.2, 0.25) is 0 Å². The van der Waals surface area contributed by atoms with Crippen LogP contribution in [0, 0.1) is 5.41 Å². The first-order valence-electron chi connectivity index (χ1n) is 5.13. The number of hydrogen-bond donors (Lipinski definition) is 0. The van der Waals surface area contributed by atoms with Gasteiger partial charge in [0.15, 0.2) is 0 Å². The van der Waals surface area contributed by atoms with Crippen LogP contribution in [0.5, 0.6) is 0 Å². The molecule has 1 aromatic heterocycles. The van der Waals surface area contributed by atoms with Gasteiger partial charge in [-0.05, 0) is 17.5 Å². The lowest BCUT2D eigenvalue weighted by atomic mass is 9.97. The standard InChI is InChI=1S/C12H17NO3/c1-12(2,3)8-13-7-5-6-9(10(13)14)11(15)16-4/h5-7H,8H2,1-4H3. The molecule has 0 radical (unpaired) electrons. The topological polar surface area (TPSA) is 48.3 Å². The number of pyridine rings is 1. The monoisotopic (exact) mass is 223 g/mol. The van der Waals surface area contributed by atoms with Crippen molar-refractivity contribution < 1.29 is 9.53 Å². The van der Waals surface area contributed by atoms with Crippen molar-refractivity contribution in [2.45, 2.75) is 27.3 Å². The molecule has 88 valence electrons. The van der Waals surface area contributed by atoms with Crippen molar-refractivity contribution in [1.29, 1.82) is 0 Å². The van der Waals surface area contributed by atoms with Crippen LogP contribution in [0.25, 0.3) is 0 Å². The van der Waals surface area contributed by atoms with Gasteiger partial charge in [-0.25, -0.2) is 4.79 Å². The molecule has 16 heavy (non-hydrogen) atoms. The van der Waals surface area contributed by atoms with Gasteiger partial charge in [-0.2, -0.15) is 0 Å². The SMILES string of the molecule is COC(=O)c1cccn(CC(C)(C)C)c1=O. The molecule has 1 aromatic rings. The third kappa shape index (κ3) is 2.95. The molecule has 1 rings (SSSR count). The molecule has 0 amide bonds. The zero-order valence-electron chi connectivity index (χ0n) is 10.1. The van der Waals surface area contributed by atoms with Gasteiger partial charge in [0, 0.05) is 12.7 Å². The lowest BCUT2D eigenvalue weighted by Gasteiger charge is -2.19. The highest BCUT2D eigenvalue weighted by molar-refractivity contribution is 5.88. The average molecular weight is 223 g/mol. The normalized spacial score (nSPS) is 11.2. The average Bonchev–Trinajstić information content (AvgIpc) is 2.18. The molecule has 0 aliphatic heterocycles. The second-order valence-corrected chi connectivity index (χ2v) is 4.91. The van der Waals surface area contributed by atoms with Crippen LogP contribution in [0.15, 0.2) is 23.1 Å². The second kappa shape index (κ2) is 4.51. The smallest absolute Gasteiger partial charge is 0.343 e. The van der Waals surface area contributed by atoms with Crippen LogP contribution in [0.3, 0.4) is 0 Å². The summed E-state index contributed by atoms with van der Waals surface area (Å²) in [4.78, 5) is 23.2. The molecule has 0 aliphatic rings. The molecule has 0 fully saturated rings. The maximum atomic E-state index is 11.9. The van der Waals surface area contributed by atoms with Gasteiger partial charge in [-0.3, -0.25) is 4.79 Å². The quantitative estimate of drug-likeness (QED) is 0.717. The molecule has 1 heterocycles. The van der Waals surface area contributed by atoms with Gasteiger partial charge >= 0.3 is 5.97 Å². The van der Waals surface area contributed by atoms with E-state index in [1.165, 1.54) is 17.7 Å². The summed E-state index contributed by atoms with van der Waals surface area (Å²) in [6.07, 6.45) is 1.68. The van der Waals surface area contributed by atoms with Crippen LogP contribution in [0.1, 0.15) is 31.1 Å². The Balaban J connectivity index is 3.15. The van der Waals surface area contributed by atoms with E-state index in [1.807, 2.05) is 20.8 Å². The molecular weight excluding hydrogens is 206 g/mol. The van der Waals surface area contributed by atoms with Crippen LogP contribution in [-0.2, 0) is 11.3 Å². The summed E-state index contributed by atoms with van der Waals surface area (Å²) in [5, 5.41) is 0. The number of carbonyl (C=O) groups excluding carboxylic acids is 1. The summed E-state index contributed by atoms with van der Waals surface area (Å²) >= 11 is 0. The minimum atomic E-state index is -0.590. The summed E-state index contributed by atoms with van der Waals surface area (Å²) in [5.74, 6) is -0.590. The summed E-state index contributed by atoms with van der Waals surface area (Å²) in [7, 11) is 1.27. The number of aromatic nitrogens is 1. The highest BCUT2D eigenvalue weighted by Crippen LogP contribution is 2.14. The Morgan fingerprint density at radius 3 is 2.56 bits per heavy atom. The molecule has 0 atom stereocenters. The molecule has 0 unspecified atom stereocenters. The first-order chi connectivity index (χ1) is 7.35. The number of nitrogens with zero attached hydrogens (tertiary/aromatic N) is 1. The van der Waals surface area contributed by atoms with Crippen molar-refractivity contribution in [3.63, 3.8) is 0 Å². The largest absolute Gasteiger partial charge is 0.465 e. The molecule has 0 N–H and O–H groups in total. The van der Waals surface area contributed by atoms with E-state index in [0.29, 0.717) is 6.54 Å². The van der Waals surface area contributed by atoms with E-state index in [-0.39, 0.29) is 16.5 Å². The van der Waals surface area contributed by atoms with E-state index >= 15 is 0 Å². The Labute approximate surface area is 94.9 Å². The van der Waals surface area contributed by atoms with E-state index in [9.17, 15) is 9.59 Å². The molecule has 0 saturated carbocycles. The number of carbonyl (C=O) groups is 1. The number of ether oxygens (including phenoxy) is 1. The van der Waals surface area contributed by atoms with Crippen molar-refractivity contribution in [2.24, 2.45) is 5.41 Å². The molecule has 0 aliphatic carbocycles. The van der Waals surface area contributed by atoms with Crippen LogP contribution < -0.4 is 5.56 Å². The van der Waals surface area contributed by atoms with Gasteiger partial charge in [0.2, 0.25) is 0 Å². The Hall–Kier alpha value is -1.58. The van der Waals surface area contributed by atoms with Crippen molar-refractivity contribution in [2.75, 3.05) is 7.11 Å². The van der Waals surface area contributed by atoms with Gasteiger partial charge in [-0.15, -0.1) is 0 Å². The molecule has 0 saturated heterocycles. The number of rotatable bonds is 2. The lowest BCUT2D eigenvalue weighted by molar-refractivity contribution is 0.0597. The summed E-state index contributed by atoms with van der Waals surface area (Å²) in [6.45, 7) is 6.66. The van der Waals surface area contributed by atoms with Gasteiger partial charge in [0.25, 0.3) is 5.56 Å². The number of hydrogen-bond acceptors (Lipinski definition) is 3. The minimum Gasteiger partial charge on any atom is -0.465 e. The fourth-order valence-electron chi connectivity index (χ4n) is 1.44. The van der Waals surface area contributed by atoms with Gasteiger partial charge in [0.05, 0.1) is 7.11 Å². The molecule has 0 spiro atoms. The van der Waals surface area contributed by atoms with Gasteiger partial charge in [0.1, 0.15) is 5.56 Å². The molecule has 4 nitrogen and oxygen atoms in total. The van der Waals surface area contributed by atoms with E-state index in [1.54, 1.807) is 12.3 Å². The first-order valence-corrected chi connectivity index (χ1v) is 5.13. The molecule has 0 bridgehead atoms. The predicted molar refractivity (Wildman–Crippen MR) is 61.5 cm³/mol. The van der Waals surface area contributed by atoms with Crippen molar-refractivity contribution in [3.8, 4) is 0 Å². The van der Waals surface area contributed by atoms with Crippen LogP contribution in [-0.4, -0.2) is 17.6 Å². The highest BCUT2D eigenvalue weighted by Gasteiger charge is 2.16. The predicted octanol–water partition coefficient (Wildman–Crippen LogP) is 1.68. The highest BCUT2D eigenvalue weighted by atomic mass is 16.5. The Morgan fingerprint density at radius 2 is 2.06 bits per heavy atom. The number of esters is 1. The van der Waals surface area contributed by atoms with E-state index in [4.69, 9.17) is 0 Å². The van der Waals surface area contributed by atoms with Crippen molar-refractivity contribution in [1.82, 2.24) is 4.57 Å².